The van der Waals surface area contributed by atoms with E-state index in [0.29, 0.717) is 25.3 Å². The Balaban J connectivity index is 1.48. The second-order valence-electron chi connectivity index (χ2n) is 5.90. The number of carbonyl (C=O) groups excluding carboxylic acids is 2. The van der Waals surface area contributed by atoms with E-state index in [0.717, 1.165) is 19.4 Å². The summed E-state index contributed by atoms with van der Waals surface area (Å²) in [6, 6.07) is 8.90. The Labute approximate surface area is 135 Å². The molecule has 1 aromatic carbocycles. The predicted octanol–water partition coefficient (Wildman–Crippen LogP) is 1.03. The summed E-state index contributed by atoms with van der Waals surface area (Å²) in [7, 11) is 0. The number of rotatable bonds is 4. The Kier molecular flexibility index (Phi) is 5.25. The molecule has 3 rings (SSSR count). The number of nitrogens with one attached hydrogen (secondary N) is 1. The van der Waals surface area contributed by atoms with E-state index in [9.17, 15) is 9.59 Å². The monoisotopic (exact) mass is 318 g/mol. The molecule has 1 N–H and O–H groups in total. The van der Waals surface area contributed by atoms with Crippen LogP contribution in [0.25, 0.3) is 0 Å². The van der Waals surface area contributed by atoms with Gasteiger partial charge in [0, 0.05) is 24.6 Å². The van der Waals surface area contributed by atoms with Crippen molar-refractivity contribution >= 4 is 11.8 Å². The number of hydrogen-bond acceptors (Lipinski definition) is 4. The van der Waals surface area contributed by atoms with Gasteiger partial charge in [0.25, 0.3) is 5.91 Å². The number of ether oxygens (including phenoxy) is 2. The SMILES string of the molecule is O=C(NCC(=O)N1CCC[C@@H](C2OCCO2)C1)c1ccccc1. The highest BCUT2D eigenvalue weighted by molar-refractivity contribution is 5.96. The third-order valence-electron chi connectivity index (χ3n) is 4.28. The number of piperidine rings is 1. The van der Waals surface area contributed by atoms with Gasteiger partial charge in [-0.1, -0.05) is 18.2 Å². The zero-order chi connectivity index (χ0) is 16.1. The maximum atomic E-state index is 12.3. The van der Waals surface area contributed by atoms with Gasteiger partial charge >= 0.3 is 0 Å². The minimum Gasteiger partial charge on any atom is -0.350 e. The molecule has 1 atom stereocenters. The normalized spacial score (nSPS) is 22.1. The quantitative estimate of drug-likeness (QED) is 0.900. The molecule has 0 bridgehead atoms. The van der Waals surface area contributed by atoms with Gasteiger partial charge in [-0.3, -0.25) is 9.59 Å². The van der Waals surface area contributed by atoms with E-state index in [1.165, 1.54) is 0 Å². The Bertz CT molecular complexity index is 543. The summed E-state index contributed by atoms with van der Waals surface area (Å²) in [6.07, 6.45) is 1.75. The molecular weight excluding hydrogens is 296 g/mol. The minimum atomic E-state index is -0.227. The van der Waals surface area contributed by atoms with E-state index >= 15 is 0 Å². The zero-order valence-corrected chi connectivity index (χ0v) is 13.1. The van der Waals surface area contributed by atoms with Crippen LogP contribution in [0.3, 0.4) is 0 Å². The van der Waals surface area contributed by atoms with Crippen LogP contribution in [-0.2, 0) is 14.3 Å². The fourth-order valence-corrected chi connectivity index (χ4v) is 3.07. The molecule has 23 heavy (non-hydrogen) atoms. The van der Waals surface area contributed by atoms with Crippen molar-refractivity contribution in [2.45, 2.75) is 19.1 Å². The van der Waals surface area contributed by atoms with Crippen molar-refractivity contribution in [3.05, 3.63) is 35.9 Å². The van der Waals surface area contributed by atoms with Gasteiger partial charge in [0.1, 0.15) is 0 Å². The average molecular weight is 318 g/mol. The third kappa shape index (κ3) is 4.09. The molecule has 0 radical (unpaired) electrons. The minimum absolute atomic E-state index is 0.0207. The zero-order valence-electron chi connectivity index (χ0n) is 13.1. The lowest BCUT2D eigenvalue weighted by Gasteiger charge is -2.34. The highest BCUT2D eigenvalue weighted by Crippen LogP contribution is 2.24. The van der Waals surface area contributed by atoms with Crippen molar-refractivity contribution in [2.75, 3.05) is 32.8 Å². The standard InChI is InChI=1S/C17H22N2O4/c20-15(11-18-16(21)13-5-2-1-3-6-13)19-8-4-7-14(12-19)17-22-9-10-23-17/h1-3,5-6,14,17H,4,7-12H2,(H,18,21)/t14-/m1/s1. The number of benzene rings is 1. The molecule has 2 fully saturated rings. The van der Waals surface area contributed by atoms with Gasteiger partial charge in [-0.15, -0.1) is 0 Å². The molecule has 2 saturated heterocycles. The smallest absolute Gasteiger partial charge is 0.251 e. The summed E-state index contributed by atoms with van der Waals surface area (Å²) in [5.74, 6) is -0.0630. The molecule has 6 heteroatoms. The molecule has 2 aliphatic heterocycles. The van der Waals surface area contributed by atoms with Gasteiger partial charge < -0.3 is 19.7 Å². The van der Waals surface area contributed by atoms with E-state index in [2.05, 4.69) is 5.32 Å². The van der Waals surface area contributed by atoms with E-state index in [1.54, 1.807) is 29.2 Å². The Morgan fingerprint density at radius 1 is 1.17 bits per heavy atom. The largest absolute Gasteiger partial charge is 0.350 e. The van der Waals surface area contributed by atoms with Crippen LogP contribution >= 0.6 is 0 Å². The van der Waals surface area contributed by atoms with Gasteiger partial charge in [0.05, 0.1) is 19.8 Å². The number of amides is 2. The van der Waals surface area contributed by atoms with Gasteiger partial charge in [-0.05, 0) is 25.0 Å². The highest BCUT2D eigenvalue weighted by atomic mass is 16.7. The number of nitrogens with zero attached hydrogens (tertiary/aromatic N) is 1. The van der Waals surface area contributed by atoms with Crippen molar-refractivity contribution in [3.63, 3.8) is 0 Å². The van der Waals surface area contributed by atoms with E-state index in [1.807, 2.05) is 6.07 Å². The van der Waals surface area contributed by atoms with Crippen LogP contribution in [0, 0.1) is 5.92 Å². The molecule has 124 valence electrons. The van der Waals surface area contributed by atoms with Crippen LogP contribution in [0.5, 0.6) is 0 Å². The summed E-state index contributed by atoms with van der Waals surface area (Å²) < 4.78 is 11.1. The van der Waals surface area contributed by atoms with E-state index < -0.39 is 0 Å². The molecule has 0 aromatic heterocycles. The van der Waals surface area contributed by atoms with Crippen LogP contribution in [0.15, 0.2) is 30.3 Å². The molecule has 2 amide bonds. The van der Waals surface area contributed by atoms with Gasteiger partial charge in [0.2, 0.25) is 5.91 Å². The van der Waals surface area contributed by atoms with Crippen LogP contribution in [0.2, 0.25) is 0 Å². The second-order valence-corrected chi connectivity index (χ2v) is 5.90. The summed E-state index contributed by atoms with van der Waals surface area (Å²) in [4.78, 5) is 26.1. The van der Waals surface area contributed by atoms with Crippen LogP contribution in [-0.4, -0.2) is 55.9 Å². The first-order chi connectivity index (χ1) is 11.2. The summed E-state index contributed by atoms with van der Waals surface area (Å²) in [6.45, 7) is 2.63. The molecular formula is C17H22N2O4. The second kappa shape index (κ2) is 7.57. The summed E-state index contributed by atoms with van der Waals surface area (Å²) in [5, 5.41) is 2.69. The topological polar surface area (TPSA) is 67.9 Å². The Morgan fingerprint density at radius 2 is 1.91 bits per heavy atom. The number of hydrogen-bond donors (Lipinski definition) is 1. The fraction of sp³-hybridized carbons (Fsp3) is 0.529. The van der Waals surface area contributed by atoms with Crippen molar-refractivity contribution in [1.29, 1.82) is 0 Å². The molecule has 2 heterocycles. The summed E-state index contributed by atoms with van der Waals surface area (Å²) in [5.41, 5.74) is 0.560. The molecule has 6 nitrogen and oxygen atoms in total. The Morgan fingerprint density at radius 3 is 2.65 bits per heavy atom. The first-order valence-corrected chi connectivity index (χ1v) is 8.08. The molecule has 0 saturated carbocycles. The van der Waals surface area contributed by atoms with E-state index in [-0.39, 0.29) is 30.6 Å². The maximum Gasteiger partial charge on any atom is 0.251 e. The number of likely N-dealkylation sites (tertiary alicyclic amines) is 1. The van der Waals surface area contributed by atoms with Crippen molar-refractivity contribution in [1.82, 2.24) is 10.2 Å². The molecule has 0 spiro atoms. The lowest BCUT2D eigenvalue weighted by molar-refractivity contribution is -0.138. The maximum absolute atomic E-state index is 12.3. The average Bonchev–Trinajstić information content (AvgIpc) is 3.15. The van der Waals surface area contributed by atoms with Crippen LogP contribution < -0.4 is 5.32 Å². The van der Waals surface area contributed by atoms with Crippen molar-refractivity contribution < 1.29 is 19.1 Å². The lowest BCUT2D eigenvalue weighted by Crippen LogP contribution is -2.47. The molecule has 0 aliphatic carbocycles. The highest BCUT2D eigenvalue weighted by Gasteiger charge is 2.32. The molecule has 1 aromatic rings. The van der Waals surface area contributed by atoms with Crippen LogP contribution in [0.4, 0.5) is 0 Å². The fourth-order valence-electron chi connectivity index (χ4n) is 3.07. The van der Waals surface area contributed by atoms with Crippen LogP contribution in [0.1, 0.15) is 23.2 Å². The first-order valence-electron chi connectivity index (χ1n) is 8.08. The molecule has 2 aliphatic rings. The van der Waals surface area contributed by atoms with E-state index in [4.69, 9.17) is 9.47 Å². The Hall–Kier alpha value is -1.92. The van der Waals surface area contributed by atoms with Gasteiger partial charge in [0.15, 0.2) is 6.29 Å². The number of carbonyl (C=O) groups is 2. The summed E-state index contributed by atoms with van der Waals surface area (Å²) >= 11 is 0. The predicted molar refractivity (Wildman–Crippen MR) is 83.8 cm³/mol. The van der Waals surface area contributed by atoms with Crippen molar-refractivity contribution in [2.24, 2.45) is 5.92 Å². The first kappa shape index (κ1) is 16.0. The van der Waals surface area contributed by atoms with Gasteiger partial charge in [-0.25, -0.2) is 0 Å². The third-order valence-corrected chi connectivity index (χ3v) is 4.28. The van der Waals surface area contributed by atoms with Crippen molar-refractivity contribution in [3.8, 4) is 0 Å². The molecule has 0 unspecified atom stereocenters. The van der Waals surface area contributed by atoms with Gasteiger partial charge in [-0.2, -0.15) is 0 Å². The lowest BCUT2D eigenvalue weighted by atomic mass is 9.97.